The zero-order chi connectivity index (χ0) is 16.9. The highest BCUT2D eigenvalue weighted by Gasteiger charge is 2.17. The van der Waals surface area contributed by atoms with Gasteiger partial charge in [0.1, 0.15) is 15.7 Å². The third kappa shape index (κ3) is 4.44. The maximum absolute atomic E-state index is 12.0. The Morgan fingerprint density at radius 3 is 2.61 bits per heavy atom. The number of anilines is 1. The van der Waals surface area contributed by atoms with Crippen molar-refractivity contribution < 1.29 is 22.7 Å². The lowest BCUT2D eigenvalue weighted by Crippen LogP contribution is -2.32. The second kappa shape index (κ2) is 7.44. The van der Waals surface area contributed by atoms with E-state index in [-0.39, 0.29) is 10.8 Å². The predicted molar refractivity (Wildman–Crippen MR) is 87.7 cm³/mol. The van der Waals surface area contributed by atoms with Gasteiger partial charge >= 0.3 is 0 Å². The number of rotatable bonds is 7. The Morgan fingerprint density at radius 1 is 1.22 bits per heavy atom. The van der Waals surface area contributed by atoms with Crippen LogP contribution in [0.4, 0.5) is 5.69 Å². The Balaban J connectivity index is 2.03. The normalized spacial score (nSPS) is 11.0. The van der Waals surface area contributed by atoms with Crippen LogP contribution in [0.2, 0.25) is 0 Å². The van der Waals surface area contributed by atoms with E-state index >= 15 is 0 Å². The van der Waals surface area contributed by atoms with E-state index in [0.717, 1.165) is 11.3 Å². The van der Waals surface area contributed by atoms with E-state index in [2.05, 4.69) is 10.0 Å². The summed E-state index contributed by atoms with van der Waals surface area (Å²) in [5.74, 6) is 0.470. The molecule has 1 heterocycles. The summed E-state index contributed by atoms with van der Waals surface area (Å²) < 4.78 is 36.5. The molecule has 23 heavy (non-hydrogen) atoms. The van der Waals surface area contributed by atoms with E-state index in [0.29, 0.717) is 17.2 Å². The molecule has 1 amide bonds. The molecule has 2 rings (SSSR count). The molecular formula is C14H16N2O5S2. The van der Waals surface area contributed by atoms with Crippen LogP contribution >= 0.6 is 11.3 Å². The van der Waals surface area contributed by atoms with Gasteiger partial charge in [0, 0.05) is 6.07 Å². The van der Waals surface area contributed by atoms with Crippen LogP contribution in [0.3, 0.4) is 0 Å². The summed E-state index contributed by atoms with van der Waals surface area (Å²) in [6, 6.07) is 8.01. The van der Waals surface area contributed by atoms with Crippen LogP contribution in [0, 0.1) is 0 Å². The molecular weight excluding hydrogens is 340 g/mol. The third-order valence-electron chi connectivity index (χ3n) is 2.86. The Morgan fingerprint density at radius 2 is 2.00 bits per heavy atom. The average molecular weight is 356 g/mol. The Bertz CT molecular complexity index is 772. The molecule has 0 saturated heterocycles. The molecule has 1 aromatic carbocycles. The molecule has 1 aromatic heterocycles. The van der Waals surface area contributed by atoms with Crippen molar-refractivity contribution >= 4 is 33.0 Å². The molecule has 0 aliphatic heterocycles. The average Bonchev–Trinajstić information content (AvgIpc) is 3.08. The quantitative estimate of drug-likeness (QED) is 0.787. The number of ether oxygens (including phenoxy) is 2. The van der Waals surface area contributed by atoms with Gasteiger partial charge in [0.2, 0.25) is 5.91 Å². The maximum Gasteiger partial charge on any atom is 0.250 e. The molecule has 2 N–H and O–H groups in total. The fourth-order valence-electron chi connectivity index (χ4n) is 1.75. The predicted octanol–water partition coefficient (Wildman–Crippen LogP) is 1.68. The van der Waals surface area contributed by atoms with Crippen LogP contribution in [-0.2, 0) is 14.8 Å². The van der Waals surface area contributed by atoms with Crippen molar-refractivity contribution in [2.45, 2.75) is 4.21 Å². The molecule has 0 saturated carbocycles. The van der Waals surface area contributed by atoms with Crippen molar-refractivity contribution in [1.82, 2.24) is 4.72 Å². The van der Waals surface area contributed by atoms with E-state index in [4.69, 9.17) is 9.47 Å². The fourth-order valence-corrected chi connectivity index (χ4v) is 3.77. The number of hydrogen-bond donors (Lipinski definition) is 2. The zero-order valence-corrected chi connectivity index (χ0v) is 14.2. The molecule has 0 atom stereocenters. The highest BCUT2D eigenvalue weighted by Crippen LogP contribution is 2.28. The number of carbonyl (C=O) groups is 1. The van der Waals surface area contributed by atoms with Crippen molar-refractivity contribution in [3.05, 3.63) is 35.7 Å². The lowest BCUT2D eigenvalue weighted by molar-refractivity contribution is -0.115. The summed E-state index contributed by atoms with van der Waals surface area (Å²) in [7, 11) is -0.709. The summed E-state index contributed by atoms with van der Waals surface area (Å²) in [6.45, 7) is -0.388. The highest BCUT2D eigenvalue weighted by atomic mass is 32.2. The summed E-state index contributed by atoms with van der Waals surface area (Å²) in [6.07, 6.45) is 0. The second-order valence-corrected chi connectivity index (χ2v) is 7.31. The summed E-state index contributed by atoms with van der Waals surface area (Å²) in [4.78, 5) is 12.0. The van der Waals surface area contributed by atoms with Crippen LogP contribution in [0.15, 0.2) is 39.9 Å². The van der Waals surface area contributed by atoms with Crippen LogP contribution in [-0.4, -0.2) is 35.1 Å². The minimum absolute atomic E-state index is 0.157. The molecule has 0 radical (unpaired) electrons. The molecule has 0 bridgehead atoms. The van der Waals surface area contributed by atoms with E-state index in [1.54, 1.807) is 29.6 Å². The molecule has 0 spiro atoms. The largest absolute Gasteiger partial charge is 0.497 e. The first kappa shape index (κ1) is 17.3. The lowest BCUT2D eigenvalue weighted by atomic mass is 10.2. The van der Waals surface area contributed by atoms with E-state index in [1.165, 1.54) is 20.3 Å². The van der Waals surface area contributed by atoms with Gasteiger partial charge in [-0.3, -0.25) is 4.79 Å². The minimum Gasteiger partial charge on any atom is -0.497 e. The van der Waals surface area contributed by atoms with Gasteiger partial charge < -0.3 is 14.8 Å². The van der Waals surface area contributed by atoms with E-state index in [9.17, 15) is 13.2 Å². The van der Waals surface area contributed by atoms with Gasteiger partial charge in [-0.15, -0.1) is 11.3 Å². The van der Waals surface area contributed by atoms with E-state index < -0.39 is 15.9 Å². The van der Waals surface area contributed by atoms with Crippen LogP contribution in [0.1, 0.15) is 0 Å². The minimum atomic E-state index is -3.68. The molecule has 0 aliphatic rings. The topological polar surface area (TPSA) is 93.7 Å². The lowest BCUT2D eigenvalue weighted by Gasteiger charge is -2.12. The number of carbonyl (C=O) groups excluding carboxylic acids is 1. The van der Waals surface area contributed by atoms with Gasteiger partial charge in [0.15, 0.2) is 0 Å². The summed E-state index contributed by atoms with van der Waals surface area (Å²) in [5.41, 5.74) is 0.396. The van der Waals surface area contributed by atoms with Gasteiger partial charge in [0.05, 0.1) is 26.5 Å². The number of thiophene rings is 1. The van der Waals surface area contributed by atoms with Gasteiger partial charge in [-0.05, 0) is 23.6 Å². The molecule has 0 aliphatic carbocycles. The third-order valence-corrected chi connectivity index (χ3v) is 5.66. The number of sulfonamides is 1. The van der Waals surface area contributed by atoms with Crippen LogP contribution in [0.25, 0.3) is 0 Å². The molecule has 0 fully saturated rings. The Hall–Kier alpha value is -2.10. The van der Waals surface area contributed by atoms with E-state index in [1.807, 2.05) is 0 Å². The van der Waals surface area contributed by atoms with Crippen molar-refractivity contribution in [2.24, 2.45) is 0 Å². The Kier molecular flexibility index (Phi) is 5.59. The standard InChI is InChI=1S/C14H16N2O5S2/c1-20-10-5-6-12(21-2)11(8-10)16-13(17)9-15-23(18,19)14-4-3-7-22-14/h3-8,15H,9H2,1-2H3,(H,16,17). The smallest absolute Gasteiger partial charge is 0.250 e. The molecule has 7 nitrogen and oxygen atoms in total. The molecule has 9 heteroatoms. The summed E-state index contributed by atoms with van der Waals surface area (Å²) >= 11 is 1.08. The van der Waals surface area contributed by atoms with Crippen molar-refractivity contribution in [3.63, 3.8) is 0 Å². The van der Waals surface area contributed by atoms with Gasteiger partial charge in [-0.25, -0.2) is 13.1 Å². The van der Waals surface area contributed by atoms with Crippen molar-refractivity contribution in [3.8, 4) is 11.5 Å². The first-order valence-corrected chi connectivity index (χ1v) is 8.87. The number of hydrogen-bond acceptors (Lipinski definition) is 6. The van der Waals surface area contributed by atoms with Gasteiger partial charge in [-0.2, -0.15) is 0 Å². The SMILES string of the molecule is COc1ccc(OC)c(NC(=O)CNS(=O)(=O)c2cccs2)c1. The van der Waals surface area contributed by atoms with Gasteiger partial charge in [0.25, 0.3) is 10.0 Å². The monoisotopic (exact) mass is 356 g/mol. The number of methoxy groups -OCH3 is 2. The van der Waals surface area contributed by atoms with Crippen LogP contribution in [0.5, 0.6) is 11.5 Å². The highest BCUT2D eigenvalue weighted by molar-refractivity contribution is 7.91. The number of amides is 1. The zero-order valence-electron chi connectivity index (χ0n) is 12.5. The number of benzene rings is 1. The number of nitrogens with one attached hydrogen (secondary N) is 2. The second-order valence-electron chi connectivity index (χ2n) is 4.37. The first-order chi connectivity index (χ1) is 11.0. The fraction of sp³-hybridized carbons (Fsp3) is 0.214. The van der Waals surface area contributed by atoms with Crippen molar-refractivity contribution in [2.75, 3.05) is 26.1 Å². The Labute approximate surface area is 138 Å². The van der Waals surface area contributed by atoms with Crippen LogP contribution < -0.4 is 19.5 Å². The maximum atomic E-state index is 12.0. The molecule has 0 unspecified atom stereocenters. The van der Waals surface area contributed by atoms with Gasteiger partial charge in [-0.1, -0.05) is 6.07 Å². The molecule has 124 valence electrons. The van der Waals surface area contributed by atoms with Crippen molar-refractivity contribution in [1.29, 1.82) is 0 Å². The first-order valence-electron chi connectivity index (χ1n) is 6.51. The molecule has 2 aromatic rings. The summed E-state index contributed by atoms with van der Waals surface area (Å²) in [5, 5.41) is 4.24.